The lowest BCUT2D eigenvalue weighted by molar-refractivity contribution is 0.0834. The van der Waals surface area contributed by atoms with Gasteiger partial charge in [0.2, 0.25) is 0 Å². The molecule has 0 spiro atoms. The highest BCUT2D eigenvalue weighted by molar-refractivity contribution is 5.94. The number of hydrogen-bond donors (Lipinski definition) is 2. The molecule has 0 saturated carbocycles. The van der Waals surface area contributed by atoms with Crippen molar-refractivity contribution in [3.05, 3.63) is 35.5 Å². The third kappa shape index (κ3) is 3.12. The van der Waals surface area contributed by atoms with Crippen molar-refractivity contribution in [3.63, 3.8) is 0 Å². The van der Waals surface area contributed by atoms with E-state index in [2.05, 4.69) is 10.3 Å². The van der Waals surface area contributed by atoms with Gasteiger partial charge < -0.3 is 15.2 Å². The zero-order valence-electron chi connectivity index (χ0n) is 11.1. The minimum atomic E-state index is -0.435. The van der Waals surface area contributed by atoms with Crippen molar-refractivity contribution >= 4 is 11.6 Å². The summed E-state index contributed by atoms with van der Waals surface area (Å²) in [6.45, 7) is 2.48. The van der Waals surface area contributed by atoms with Crippen LogP contribution in [0.3, 0.4) is 0 Å². The van der Waals surface area contributed by atoms with E-state index in [4.69, 9.17) is 9.84 Å². The SMILES string of the molecule is Cc1nc2ccc(F)cn2c1C(=O)NCCOCCO. The van der Waals surface area contributed by atoms with Crippen LogP contribution in [0.5, 0.6) is 0 Å². The number of ether oxygens (including phenoxy) is 1. The zero-order valence-corrected chi connectivity index (χ0v) is 11.1. The van der Waals surface area contributed by atoms with Crippen LogP contribution in [0.1, 0.15) is 16.2 Å². The van der Waals surface area contributed by atoms with Gasteiger partial charge in [0, 0.05) is 12.7 Å². The molecule has 2 rings (SSSR count). The molecule has 2 N–H and O–H groups in total. The highest BCUT2D eigenvalue weighted by Gasteiger charge is 2.16. The van der Waals surface area contributed by atoms with Crippen LogP contribution in [0.2, 0.25) is 0 Å². The monoisotopic (exact) mass is 281 g/mol. The van der Waals surface area contributed by atoms with Gasteiger partial charge >= 0.3 is 0 Å². The van der Waals surface area contributed by atoms with Gasteiger partial charge in [-0.1, -0.05) is 0 Å². The fourth-order valence-corrected chi connectivity index (χ4v) is 1.90. The minimum Gasteiger partial charge on any atom is -0.394 e. The molecule has 0 aromatic carbocycles. The molecule has 2 aromatic rings. The summed E-state index contributed by atoms with van der Waals surface area (Å²) in [5.74, 6) is -0.775. The van der Waals surface area contributed by atoms with E-state index in [-0.39, 0.29) is 19.1 Å². The van der Waals surface area contributed by atoms with Crippen molar-refractivity contribution in [3.8, 4) is 0 Å². The molecule has 2 heterocycles. The first-order valence-electron chi connectivity index (χ1n) is 6.24. The Balaban J connectivity index is 2.09. The van der Waals surface area contributed by atoms with Gasteiger partial charge in [0.25, 0.3) is 5.91 Å². The summed E-state index contributed by atoms with van der Waals surface area (Å²) in [5, 5.41) is 11.2. The lowest BCUT2D eigenvalue weighted by Crippen LogP contribution is -2.29. The van der Waals surface area contributed by atoms with E-state index in [0.29, 0.717) is 30.2 Å². The Labute approximate surface area is 115 Å². The quantitative estimate of drug-likeness (QED) is 0.757. The Kier molecular flexibility index (Phi) is 4.65. The fourth-order valence-electron chi connectivity index (χ4n) is 1.90. The first kappa shape index (κ1) is 14.4. The van der Waals surface area contributed by atoms with E-state index in [9.17, 15) is 9.18 Å². The molecular weight excluding hydrogens is 265 g/mol. The van der Waals surface area contributed by atoms with Gasteiger partial charge in [-0.2, -0.15) is 0 Å². The smallest absolute Gasteiger partial charge is 0.270 e. The second-order valence-corrected chi connectivity index (χ2v) is 4.21. The number of halogens is 1. The maximum atomic E-state index is 13.3. The Bertz CT molecular complexity index is 612. The number of aryl methyl sites for hydroxylation is 1. The van der Waals surface area contributed by atoms with E-state index in [1.54, 1.807) is 6.92 Å². The molecule has 1 amide bonds. The number of amides is 1. The highest BCUT2D eigenvalue weighted by Crippen LogP contribution is 2.12. The number of fused-ring (bicyclic) bond motifs is 1. The third-order valence-corrected chi connectivity index (χ3v) is 2.74. The number of rotatable bonds is 6. The van der Waals surface area contributed by atoms with Gasteiger partial charge in [0.15, 0.2) is 0 Å². The van der Waals surface area contributed by atoms with Crippen LogP contribution in [0.15, 0.2) is 18.3 Å². The molecule has 0 aliphatic heterocycles. The Hall–Kier alpha value is -1.99. The predicted molar refractivity (Wildman–Crippen MR) is 70.1 cm³/mol. The summed E-state index contributed by atoms with van der Waals surface area (Å²) in [4.78, 5) is 16.3. The topological polar surface area (TPSA) is 75.9 Å². The Morgan fingerprint density at radius 1 is 1.50 bits per heavy atom. The van der Waals surface area contributed by atoms with Crippen LogP contribution in [-0.2, 0) is 4.74 Å². The molecule has 7 heteroatoms. The molecule has 2 aromatic heterocycles. The summed E-state index contributed by atoms with van der Waals surface area (Å²) < 4.78 is 19.7. The molecule has 6 nitrogen and oxygen atoms in total. The Morgan fingerprint density at radius 3 is 3.05 bits per heavy atom. The van der Waals surface area contributed by atoms with Crippen molar-refractivity contribution in [2.24, 2.45) is 0 Å². The van der Waals surface area contributed by atoms with Crippen LogP contribution in [0.4, 0.5) is 4.39 Å². The lowest BCUT2D eigenvalue weighted by atomic mass is 10.3. The number of carbonyl (C=O) groups excluding carboxylic acids is 1. The van der Waals surface area contributed by atoms with E-state index < -0.39 is 5.82 Å². The summed E-state index contributed by atoms with van der Waals surface area (Å²) in [5.41, 5.74) is 1.36. The van der Waals surface area contributed by atoms with Crippen molar-refractivity contribution in [1.29, 1.82) is 0 Å². The molecule has 0 radical (unpaired) electrons. The normalized spacial score (nSPS) is 10.9. The average Bonchev–Trinajstić information content (AvgIpc) is 2.73. The zero-order chi connectivity index (χ0) is 14.5. The number of pyridine rings is 1. The molecule has 0 atom stereocenters. The summed E-state index contributed by atoms with van der Waals surface area (Å²) >= 11 is 0. The molecule has 0 unspecified atom stereocenters. The number of aliphatic hydroxyl groups is 1. The predicted octanol–water partition coefficient (Wildman–Crippen LogP) is 0.521. The number of imidazole rings is 1. The molecule has 0 aliphatic rings. The second kappa shape index (κ2) is 6.44. The van der Waals surface area contributed by atoms with E-state index in [0.717, 1.165) is 0 Å². The first-order valence-corrected chi connectivity index (χ1v) is 6.24. The van der Waals surface area contributed by atoms with Crippen LogP contribution in [0.25, 0.3) is 5.65 Å². The second-order valence-electron chi connectivity index (χ2n) is 4.21. The maximum Gasteiger partial charge on any atom is 0.270 e. The lowest BCUT2D eigenvalue weighted by Gasteiger charge is -2.06. The standard InChI is InChI=1S/C13H16FN3O3/c1-9-12(13(19)15-4-6-20-7-5-18)17-8-10(14)2-3-11(17)16-9/h2-3,8,18H,4-7H2,1H3,(H,15,19). The van der Waals surface area contributed by atoms with Crippen molar-refractivity contribution < 1.29 is 19.0 Å². The van der Waals surface area contributed by atoms with Crippen molar-refractivity contribution in [1.82, 2.24) is 14.7 Å². The number of aliphatic hydroxyl groups excluding tert-OH is 1. The van der Waals surface area contributed by atoms with Gasteiger partial charge in [-0.05, 0) is 19.1 Å². The van der Waals surface area contributed by atoms with Gasteiger partial charge in [-0.15, -0.1) is 0 Å². The number of carbonyl (C=O) groups is 1. The largest absolute Gasteiger partial charge is 0.394 e. The molecule has 0 fully saturated rings. The molecule has 108 valence electrons. The number of nitrogens with one attached hydrogen (secondary N) is 1. The number of nitrogens with zero attached hydrogens (tertiary/aromatic N) is 2. The number of aromatic nitrogens is 2. The first-order chi connectivity index (χ1) is 9.63. The third-order valence-electron chi connectivity index (χ3n) is 2.74. The fraction of sp³-hybridized carbons (Fsp3) is 0.385. The Morgan fingerprint density at radius 2 is 2.30 bits per heavy atom. The molecule has 0 saturated heterocycles. The van der Waals surface area contributed by atoms with Crippen LogP contribution in [0, 0.1) is 12.7 Å². The summed E-state index contributed by atoms with van der Waals surface area (Å²) in [6, 6.07) is 2.82. The maximum absolute atomic E-state index is 13.3. The number of hydrogen-bond acceptors (Lipinski definition) is 4. The van der Waals surface area contributed by atoms with Crippen LogP contribution < -0.4 is 5.32 Å². The van der Waals surface area contributed by atoms with E-state index in [1.807, 2.05) is 0 Å². The van der Waals surface area contributed by atoms with Gasteiger partial charge in [0.05, 0.1) is 25.5 Å². The van der Waals surface area contributed by atoms with Gasteiger partial charge in [0.1, 0.15) is 17.2 Å². The van der Waals surface area contributed by atoms with Crippen molar-refractivity contribution in [2.45, 2.75) is 6.92 Å². The van der Waals surface area contributed by atoms with E-state index >= 15 is 0 Å². The van der Waals surface area contributed by atoms with Gasteiger partial charge in [-0.25, -0.2) is 9.37 Å². The summed E-state index contributed by atoms with van der Waals surface area (Å²) in [7, 11) is 0. The average molecular weight is 281 g/mol. The van der Waals surface area contributed by atoms with Crippen LogP contribution >= 0.6 is 0 Å². The molecular formula is C13H16FN3O3. The highest BCUT2D eigenvalue weighted by atomic mass is 19.1. The molecule has 0 aliphatic carbocycles. The van der Waals surface area contributed by atoms with E-state index in [1.165, 1.54) is 22.7 Å². The summed E-state index contributed by atoms with van der Waals surface area (Å²) in [6.07, 6.45) is 1.23. The van der Waals surface area contributed by atoms with Crippen molar-refractivity contribution in [2.75, 3.05) is 26.4 Å². The van der Waals surface area contributed by atoms with Crippen LogP contribution in [-0.4, -0.2) is 46.8 Å². The van der Waals surface area contributed by atoms with Gasteiger partial charge in [-0.3, -0.25) is 9.20 Å². The molecule has 0 bridgehead atoms. The minimum absolute atomic E-state index is 0.0560. The molecule has 20 heavy (non-hydrogen) atoms.